The number of nitrogens with one attached hydrogen (secondary N) is 2. The molecule has 0 bridgehead atoms. The molecule has 226 valence electrons. The normalized spacial score (nSPS) is 19.2. The number of imidazole rings is 2. The molecule has 5 heterocycles. The molecule has 5 aromatic rings. The number of ether oxygens (including phenoxy) is 1. The molecule has 2 fully saturated rings. The molecule has 0 radical (unpaired) electrons. The van der Waals surface area contributed by atoms with Gasteiger partial charge in [-0.15, -0.1) is 0 Å². The fraction of sp³-hybridized carbons (Fsp3) is 0.371. The van der Waals surface area contributed by atoms with Gasteiger partial charge in [0.05, 0.1) is 41.4 Å². The van der Waals surface area contributed by atoms with Gasteiger partial charge >= 0.3 is 6.09 Å². The van der Waals surface area contributed by atoms with Crippen molar-refractivity contribution in [2.75, 3.05) is 20.1 Å². The van der Waals surface area contributed by atoms with Crippen molar-refractivity contribution in [3.8, 4) is 33.6 Å². The lowest BCUT2D eigenvalue weighted by Gasteiger charge is -2.27. The van der Waals surface area contributed by atoms with Crippen molar-refractivity contribution in [1.82, 2.24) is 34.7 Å². The Balaban J connectivity index is 1.13. The maximum Gasteiger partial charge on any atom is 0.410 e. The summed E-state index contributed by atoms with van der Waals surface area (Å²) in [6, 6.07) is 17.2. The summed E-state index contributed by atoms with van der Waals surface area (Å²) in [5, 5.41) is 1.09. The fourth-order valence-corrected chi connectivity index (χ4v) is 6.61. The SMILES string of the molecule is CN1CCCC1c1ncc(-c2ccc(-c3ccc(-c4cnc(C5CCCN5C(=O)OC(C)(C)C)[nH]4)cc3)c3ncccc23)[nH]1. The monoisotopic (exact) mass is 589 g/mol. The van der Waals surface area contributed by atoms with Crippen molar-refractivity contribution in [1.29, 1.82) is 0 Å². The lowest BCUT2D eigenvalue weighted by molar-refractivity contribution is 0.0218. The van der Waals surface area contributed by atoms with Crippen molar-refractivity contribution in [2.45, 2.75) is 64.1 Å². The van der Waals surface area contributed by atoms with Crippen molar-refractivity contribution < 1.29 is 9.53 Å². The topological polar surface area (TPSA) is 103 Å². The van der Waals surface area contributed by atoms with Gasteiger partial charge in [-0.1, -0.05) is 42.5 Å². The molecule has 7 rings (SSSR count). The molecule has 0 aliphatic carbocycles. The standard InChI is InChI=1S/C35H39N7O2/c1-35(2,3)44-34(43)42-19-7-10-30(42)33-37-20-27(39-33)23-13-11-22(12-14-23)24-15-16-25(26-8-5-17-36-31(24)26)28-21-38-32(40-28)29-9-6-18-41(29)4/h5,8,11-17,20-21,29-30H,6-7,9-10,18-19H2,1-4H3,(H,37,39)(H,38,40). The Bertz CT molecular complexity index is 1800. The van der Waals surface area contributed by atoms with E-state index in [0.717, 1.165) is 82.0 Å². The first kappa shape index (κ1) is 28.3. The first-order chi connectivity index (χ1) is 21.2. The number of H-pyrrole nitrogens is 2. The molecule has 0 spiro atoms. The van der Waals surface area contributed by atoms with Gasteiger partial charge in [0.25, 0.3) is 0 Å². The van der Waals surface area contributed by atoms with E-state index in [1.165, 1.54) is 6.42 Å². The van der Waals surface area contributed by atoms with Crippen LogP contribution in [-0.4, -0.2) is 66.6 Å². The number of aromatic nitrogens is 5. The van der Waals surface area contributed by atoms with Gasteiger partial charge in [-0.3, -0.25) is 14.8 Å². The van der Waals surface area contributed by atoms with Crippen LogP contribution in [0, 0.1) is 0 Å². The molecule has 44 heavy (non-hydrogen) atoms. The average molecular weight is 590 g/mol. The highest BCUT2D eigenvalue weighted by Crippen LogP contribution is 2.37. The second-order valence-electron chi connectivity index (χ2n) is 13.0. The average Bonchev–Trinajstić information content (AvgIpc) is 3.82. The van der Waals surface area contributed by atoms with Crippen molar-refractivity contribution in [3.05, 3.63) is 78.8 Å². The Morgan fingerprint density at radius 3 is 2.23 bits per heavy atom. The number of pyridine rings is 1. The molecule has 2 saturated heterocycles. The summed E-state index contributed by atoms with van der Waals surface area (Å²) in [6.45, 7) is 7.45. The summed E-state index contributed by atoms with van der Waals surface area (Å²) in [5.41, 5.74) is 6.67. The van der Waals surface area contributed by atoms with E-state index in [0.29, 0.717) is 12.6 Å². The number of hydrogen-bond acceptors (Lipinski definition) is 6. The van der Waals surface area contributed by atoms with E-state index in [1.54, 1.807) is 4.90 Å². The number of aromatic amines is 2. The zero-order valence-corrected chi connectivity index (χ0v) is 25.8. The van der Waals surface area contributed by atoms with Gasteiger partial charge in [0.15, 0.2) is 0 Å². The summed E-state index contributed by atoms with van der Waals surface area (Å²) >= 11 is 0. The Labute approximate surface area is 257 Å². The minimum atomic E-state index is -0.531. The van der Waals surface area contributed by atoms with Crippen LogP contribution in [0.1, 0.15) is 70.2 Å². The fourth-order valence-electron chi connectivity index (χ4n) is 6.61. The second kappa shape index (κ2) is 11.2. The van der Waals surface area contributed by atoms with Crippen LogP contribution in [0.5, 0.6) is 0 Å². The first-order valence-electron chi connectivity index (χ1n) is 15.5. The van der Waals surface area contributed by atoms with Crippen molar-refractivity contribution in [3.63, 3.8) is 0 Å². The van der Waals surface area contributed by atoms with Crippen LogP contribution in [0.25, 0.3) is 44.5 Å². The molecule has 2 aliphatic heterocycles. The van der Waals surface area contributed by atoms with E-state index >= 15 is 0 Å². The first-order valence-corrected chi connectivity index (χ1v) is 15.5. The summed E-state index contributed by atoms with van der Waals surface area (Å²) in [4.78, 5) is 38.3. The molecule has 2 atom stereocenters. The lowest BCUT2D eigenvalue weighted by atomic mass is 9.96. The summed E-state index contributed by atoms with van der Waals surface area (Å²) in [5.74, 6) is 1.82. The minimum absolute atomic E-state index is 0.112. The zero-order valence-electron chi connectivity index (χ0n) is 25.8. The molecule has 9 heteroatoms. The zero-order chi connectivity index (χ0) is 30.4. The van der Waals surface area contributed by atoms with E-state index in [2.05, 4.69) is 69.4 Å². The molecule has 2 aliphatic rings. The number of carbonyl (C=O) groups is 1. The Kier molecular flexibility index (Phi) is 7.20. The van der Waals surface area contributed by atoms with Crippen LogP contribution in [0.4, 0.5) is 4.79 Å². The highest BCUT2D eigenvalue weighted by Gasteiger charge is 2.35. The maximum atomic E-state index is 12.8. The molecule has 2 unspecified atom stereocenters. The van der Waals surface area contributed by atoms with Crippen LogP contribution >= 0.6 is 0 Å². The van der Waals surface area contributed by atoms with Crippen LogP contribution in [-0.2, 0) is 4.74 Å². The molecule has 3 aromatic heterocycles. The van der Waals surface area contributed by atoms with E-state index in [4.69, 9.17) is 14.7 Å². The number of carbonyl (C=O) groups excluding carboxylic acids is 1. The van der Waals surface area contributed by atoms with Crippen LogP contribution < -0.4 is 0 Å². The lowest BCUT2D eigenvalue weighted by Crippen LogP contribution is -2.36. The van der Waals surface area contributed by atoms with E-state index in [9.17, 15) is 4.79 Å². The number of nitrogens with zero attached hydrogens (tertiary/aromatic N) is 5. The Morgan fingerprint density at radius 2 is 1.48 bits per heavy atom. The highest BCUT2D eigenvalue weighted by molar-refractivity contribution is 6.02. The number of rotatable bonds is 5. The molecule has 2 N–H and O–H groups in total. The minimum Gasteiger partial charge on any atom is -0.444 e. The maximum absolute atomic E-state index is 12.8. The van der Waals surface area contributed by atoms with Gasteiger partial charge in [-0.2, -0.15) is 0 Å². The molecule has 2 aromatic carbocycles. The van der Waals surface area contributed by atoms with Crippen molar-refractivity contribution >= 4 is 17.0 Å². The third-order valence-electron chi connectivity index (χ3n) is 8.79. The van der Waals surface area contributed by atoms with E-state index in [1.807, 2.05) is 45.4 Å². The number of likely N-dealkylation sites (tertiary alicyclic amines) is 2. The number of fused-ring (bicyclic) bond motifs is 1. The van der Waals surface area contributed by atoms with Gasteiger partial charge in [0, 0.05) is 29.3 Å². The van der Waals surface area contributed by atoms with Gasteiger partial charge in [0.2, 0.25) is 0 Å². The van der Waals surface area contributed by atoms with Crippen molar-refractivity contribution in [2.24, 2.45) is 0 Å². The predicted molar refractivity (Wildman–Crippen MR) is 172 cm³/mol. The highest BCUT2D eigenvalue weighted by atomic mass is 16.6. The number of amides is 1. The third-order valence-corrected chi connectivity index (χ3v) is 8.79. The summed E-state index contributed by atoms with van der Waals surface area (Å²) in [6.07, 6.45) is 9.48. The molecular formula is C35H39N7O2. The van der Waals surface area contributed by atoms with Gasteiger partial charge < -0.3 is 14.7 Å². The van der Waals surface area contributed by atoms with Crippen LogP contribution in [0.3, 0.4) is 0 Å². The number of hydrogen-bond donors (Lipinski definition) is 2. The quantitative estimate of drug-likeness (QED) is 0.220. The molecular weight excluding hydrogens is 550 g/mol. The number of benzene rings is 2. The summed E-state index contributed by atoms with van der Waals surface area (Å²) in [7, 11) is 2.17. The van der Waals surface area contributed by atoms with Gasteiger partial charge in [-0.25, -0.2) is 14.8 Å². The second-order valence-corrected chi connectivity index (χ2v) is 13.0. The van der Waals surface area contributed by atoms with E-state index in [-0.39, 0.29) is 12.1 Å². The Morgan fingerprint density at radius 1 is 0.818 bits per heavy atom. The van der Waals surface area contributed by atoms with Crippen LogP contribution in [0.15, 0.2) is 67.1 Å². The molecule has 9 nitrogen and oxygen atoms in total. The Hall–Kier alpha value is -4.50. The van der Waals surface area contributed by atoms with Gasteiger partial charge in [0.1, 0.15) is 17.2 Å². The van der Waals surface area contributed by atoms with E-state index < -0.39 is 5.60 Å². The summed E-state index contributed by atoms with van der Waals surface area (Å²) < 4.78 is 5.64. The molecule has 1 amide bonds. The smallest absolute Gasteiger partial charge is 0.410 e. The van der Waals surface area contributed by atoms with Gasteiger partial charge in [-0.05, 0) is 77.2 Å². The largest absolute Gasteiger partial charge is 0.444 e. The predicted octanol–water partition coefficient (Wildman–Crippen LogP) is 7.52. The third kappa shape index (κ3) is 5.36. The molecule has 0 saturated carbocycles. The van der Waals surface area contributed by atoms with Crippen LogP contribution in [0.2, 0.25) is 0 Å².